The fraction of sp³-hybridized carbons (Fsp3) is 0.294. The molecule has 0 saturated heterocycles. The average Bonchev–Trinajstić information content (AvgIpc) is 3.16. The molecule has 0 aliphatic heterocycles. The molecule has 3 aromatic rings. The molecule has 0 amide bonds. The van der Waals surface area contributed by atoms with Crippen molar-refractivity contribution in [1.29, 1.82) is 0 Å². The van der Waals surface area contributed by atoms with Crippen LogP contribution >= 0.6 is 0 Å². The molecule has 114 valence electrons. The summed E-state index contributed by atoms with van der Waals surface area (Å²) in [7, 11) is 0. The normalized spacial score (nSPS) is 11.1. The van der Waals surface area contributed by atoms with Crippen molar-refractivity contribution in [3.05, 3.63) is 54.2 Å². The number of aromatic nitrogens is 2. The summed E-state index contributed by atoms with van der Waals surface area (Å²) < 4.78 is 10.4. The van der Waals surface area contributed by atoms with Crippen LogP contribution in [0, 0.1) is 6.92 Å². The molecule has 0 bridgehead atoms. The Morgan fingerprint density at radius 3 is 2.68 bits per heavy atom. The van der Waals surface area contributed by atoms with E-state index in [-0.39, 0.29) is 0 Å². The van der Waals surface area contributed by atoms with Gasteiger partial charge in [0.15, 0.2) is 5.82 Å². The zero-order valence-electron chi connectivity index (χ0n) is 13.0. The molecule has 1 aromatic carbocycles. The summed E-state index contributed by atoms with van der Waals surface area (Å²) in [4.78, 5) is 6.71. The van der Waals surface area contributed by atoms with Crippen LogP contribution < -0.4 is 4.90 Å². The number of rotatable bonds is 5. The second-order valence-electron chi connectivity index (χ2n) is 5.54. The van der Waals surface area contributed by atoms with Crippen LogP contribution in [0.25, 0.3) is 11.5 Å². The Morgan fingerprint density at radius 2 is 2.00 bits per heavy atom. The maximum atomic E-state index is 5.31. The van der Waals surface area contributed by atoms with Crippen LogP contribution in [0.15, 0.2) is 51.8 Å². The lowest BCUT2D eigenvalue weighted by Gasteiger charge is -2.29. The van der Waals surface area contributed by atoms with E-state index >= 15 is 0 Å². The number of hydrogen-bond acceptors (Lipinski definition) is 5. The van der Waals surface area contributed by atoms with Gasteiger partial charge in [-0.25, -0.2) is 0 Å². The second-order valence-corrected chi connectivity index (χ2v) is 5.54. The van der Waals surface area contributed by atoms with E-state index in [1.165, 1.54) is 11.3 Å². The van der Waals surface area contributed by atoms with Gasteiger partial charge in [0.25, 0.3) is 5.89 Å². The zero-order valence-corrected chi connectivity index (χ0v) is 13.0. The molecular weight excluding hydrogens is 278 g/mol. The molecule has 2 aromatic heterocycles. The van der Waals surface area contributed by atoms with Gasteiger partial charge in [-0.2, -0.15) is 4.98 Å². The van der Waals surface area contributed by atoms with Crippen LogP contribution in [0.1, 0.15) is 25.2 Å². The molecule has 0 radical (unpaired) electrons. The van der Waals surface area contributed by atoms with Gasteiger partial charge in [0.05, 0.1) is 18.4 Å². The molecule has 5 nitrogen and oxygen atoms in total. The highest BCUT2D eigenvalue weighted by atomic mass is 16.5. The third-order valence-electron chi connectivity index (χ3n) is 3.60. The van der Waals surface area contributed by atoms with Crippen LogP contribution in [-0.4, -0.2) is 16.2 Å². The quantitative estimate of drug-likeness (QED) is 0.711. The summed E-state index contributed by atoms with van der Waals surface area (Å²) in [5, 5.41) is 4.08. The third-order valence-corrected chi connectivity index (χ3v) is 3.60. The van der Waals surface area contributed by atoms with Crippen LogP contribution in [0.2, 0.25) is 0 Å². The Bertz CT molecular complexity index is 732. The van der Waals surface area contributed by atoms with E-state index in [9.17, 15) is 0 Å². The van der Waals surface area contributed by atoms with Crippen LogP contribution in [0.4, 0.5) is 5.69 Å². The Labute approximate surface area is 129 Å². The van der Waals surface area contributed by atoms with E-state index in [4.69, 9.17) is 8.94 Å². The molecule has 5 heteroatoms. The van der Waals surface area contributed by atoms with Gasteiger partial charge in [0, 0.05) is 11.7 Å². The second kappa shape index (κ2) is 6.05. The van der Waals surface area contributed by atoms with Crippen molar-refractivity contribution in [3.63, 3.8) is 0 Å². The minimum Gasteiger partial charge on any atom is -0.472 e. The van der Waals surface area contributed by atoms with E-state index < -0.39 is 0 Å². The van der Waals surface area contributed by atoms with Gasteiger partial charge in [0.2, 0.25) is 0 Å². The van der Waals surface area contributed by atoms with Crippen molar-refractivity contribution in [1.82, 2.24) is 10.1 Å². The first kappa shape index (κ1) is 14.4. The number of nitrogens with zero attached hydrogens (tertiary/aromatic N) is 3. The first-order chi connectivity index (χ1) is 10.6. The van der Waals surface area contributed by atoms with Gasteiger partial charge in [-0.3, -0.25) is 0 Å². The Kier molecular flexibility index (Phi) is 3.96. The summed E-state index contributed by atoms with van der Waals surface area (Å²) in [5.74, 6) is 1.14. The lowest BCUT2D eigenvalue weighted by molar-refractivity contribution is 0.420. The van der Waals surface area contributed by atoms with Crippen molar-refractivity contribution in [3.8, 4) is 11.5 Å². The van der Waals surface area contributed by atoms with E-state index in [0.717, 1.165) is 5.56 Å². The third kappa shape index (κ3) is 2.88. The fourth-order valence-corrected chi connectivity index (χ4v) is 2.41. The molecule has 0 unspecified atom stereocenters. The predicted molar refractivity (Wildman–Crippen MR) is 84.5 cm³/mol. The van der Waals surface area contributed by atoms with Gasteiger partial charge in [-0.15, -0.1) is 0 Å². The number of para-hydroxylation sites is 1. The van der Waals surface area contributed by atoms with Gasteiger partial charge in [-0.1, -0.05) is 23.4 Å². The van der Waals surface area contributed by atoms with Crippen molar-refractivity contribution in [2.45, 2.75) is 33.4 Å². The topological polar surface area (TPSA) is 55.3 Å². The Hall–Kier alpha value is -2.56. The number of anilines is 1. The Balaban J connectivity index is 1.85. The van der Waals surface area contributed by atoms with Crippen molar-refractivity contribution in [2.75, 3.05) is 4.90 Å². The maximum absolute atomic E-state index is 5.31. The average molecular weight is 297 g/mol. The predicted octanol–water partition coefficient (Wildman–Crippen LogP) is 4.05. The first-order valence-corrected chi connectivity index (χ1v) is 7.32. The highest BCUT2D eigenvalue weighted by Crippen LogP contribution is 2.24. The summed E-state index contributed by atoms with van der Waals surface area (Å²) in [6, 6.07) is 10.5. The number of benzene rings is 1. The van der Waals surface area contributed by atoms with E-state index in [1.807, 2.05) is 12.1 Å². The molecule has 0 spiro atoms. The molecular formula is C17H19N3O2. The fourth-order valence-electron chi connectivity index (χ4n) is 2.41. The summed E-state index contributed by atoms with van der Waals surface area (Å²) in [6.45, 7) is 7.02. The number of aryl methyl sites for hydroxylation is 1. The number of furan rings is 1. The summed E-state index contributed by atoms with van der Waals surface area (Å²) >= 11 is 0. The molecule has 3 rings (SSSR count). The van der Waals surface area contributed by atoms with E-state index in [2.05, 4.69) is 47.9 Å². The lowest BCUT2D eigenvalue weighted by atomic mass is 10.1. The highest BCUT2D eigenvalue weighted by molar-refractivity contribution is 5.54. The summed E-state index contributed by atoms with van der Waals surface area (Å²) in [5.41, 5.74) is 3.22. The van der Waals surface area contributed by atoms with Crippen LogP contribution in [0.5, 0.6) is 0 Å². The Morgan fingerprint density at radius 1 is 1.18 bits per heavy atom. The van der Waals surface area contributed by atoms with Gasteiger partial charge >= 0.3 is 0 Å². The minimum absolute atomic E-state index is 0.331. The summed E-state index contributed by atoms with van der Waals surface area (Å²) in [6.07, 6.45) is 3.19. The van der Waals surface area contributed by atoms with Crippen LogP contribution in [0.3, 0.4) is 0 Å². The molecule has 0 atom stereocenters. The smallest absolute Gasteiger partial charge is 0.261 e. The molecule has 2 heterocycles. The molecule has 0 saturated carbocycles. The van der Waals surface area contributed by atoms with Crippen LogP contribution in [-0.2, 0) is 6.54 Å². The first-order valence-electron chi connectivity index (χ1n) is 7.32. The largest absolute Gasteiger partial charge is 0.472 e. The van der Waals surface area contributed by atoms with Gasteiger partial charge in [0.1, 0.15) is 6.26 Å². The highest BCUT2D eigenvalue weighted by Gasteiger charge is 2.17. The zero-order chi connectivity index (χ0) is 15.5. The number of hydrogen-bond donors (Lipinski definition) is 0. The van der Waals surface area contributed by atoms with Gasteiger partial charge < -0.3 is 13.8 Å². The van der Waals surface area contributed by atoms with Crippen molar-refractivity contribution in [2.24, 2.45) is 0 Å². The SMILES string of the molecule is Cc1ccccc1N(Cc1noc(-c2ccoc2)n1)C(C)C. The maximum Gasteiger partial charge on any atom is 0.261 e. The molecule has 0 aliphatic carbocycles. The standard InChI is InChI=1S/C17H19N3O2/c1-12(2)20(15-7-5-4-6-13(15)3)10-16-18-17(22-19-16)14-8-9-21-11-14/h4-9,11-12H,10H2,1-3H3. The molecule has 22 heavy (non-hydrogen) atoms. The molecule has 0 aliphatic rings. The van der Waals surface area contributed by atoms with Crippen molar-refractivity contribution < 1.29 is 8.94 Å². The lowest BCUT2D eigenvalue weighted by Crippen LogP contribution is -2.31. The van der Waals surface area contributed by atoms with Crippen molar-refractivity contribution >= 4 is 5.69 Å². The van der Waals surface area contributed by atoms with Gasteiger partial charge in [-0.05, 0) is 38.5 Å². The van der Waals surface area contributed by atoms with E-state index in [0.29, 0.717) is 24.3 Å². The molecule has 0 N–H and O–H groups in total. The molecule has 0 fully saturated rings. The monoisotopic (exact) mass is 297 g/mol. The van der Waals surface area contributed by atoms with E-state index in [1.54, 1.807) is 18.6 Å². The minimum atomic E-state index is 0.331.